The lowest BCUT2D eigenvalue weighted by Gasteiger charge is -2.18. The van der Waals surface area contributed by atoms with Crippen LogP contribution in [0.25, 0.3) is 0 Å². The highest BCUT2D eigenvalue weighted by molar-refractivity contribution is 7.10. The monoisotopic (exact) mass is 239 g/mol. The third-order valence-electron chi connectivity index (χ3n) is 3.14. The van der Waals surface area contributed by atoms with Crippen LogP contribution in [0.15, 0.2) is 17.5 Å². The summed E-state index contributed by atoms with van der Waals surface area (Å²) in [5.41, 5.74) is 0. The Bertz CT molecular complexity index is 280. The Morgan fingerprint density at radius 2 is 2.56 bits per heavy atom. The van der Waals surface area contributed by atoms with E-state index in [1.165, 1.54) is 24.1 Å². The zero-order valence-corrected chi connectivity index (χ0v) is 10.8. The van der Waals surface area contributed by atoms with Crippen LogP contribution in [-0.2, 0) is 4.74 Å². The average Bonchev–Trinajstić information content (AvgIpc) is 2.96. The highest BCUT2D eigenvalue weighted by atomic mass is 32.1. The third kappa shape index (κ3) is 3.30. The van der Waals surface area contributed by atoms with Crippen molar-refractivity contribution in [3.8, 4) is 0 Å². The molecule has 0 amide bonds. The summed E-state index contributed by atoms with van der Waals surface area (Å²) in [5, 5.41) is 5.86. The standard InChI is InChI=1S/C13H21NOS/c1-2-4-12(13-5-3-8-16-13)14-9-11-6-7-15-10-11/h3,5,8,11-12,14H,2,4,6-7,9-10H2,1H3. The summed E-state index contributed by atoms with van der Waals surface area (Å²) in [6, 6.07) is 4.93. The molecule has 0 spiro atoms. The van der Waals surface area contributed by atoms with Gasteiger partial charge in [-0.05, 0) is 30.2 Å². The van der Waals surface area contributed by atoms with E-state index >= 15 is 0 Å². The largest absolute Gasteiger partial charge is 0.381 e. The predicted octanol–water partition coefficient (Wildman–Crippen LogP) is 3.22. The van der Waals surface area contributed by atoms with E-state index in [4.69, 9.17) is 4.74 Å². The molecular weight excluding hydrogens is 218 g/mol. The molecule has 1 aromatic heterocycles. The van der Waals surface area contributed by atoms with Crippen LogP contribution >= 0.6 is 11.3 Å². The van der Waals surface area contributed by atoms with Gasteiger partial charge in [-0.2, -0.15) is 0 Å². The van der Waals surface area contributed by atoms with Gasteiger partial charge in [0.05, 0.1) is 6.61 Å². The Balaban J connectivity index is 1.82. The first-order chi connectivity index (χ1) is 7.90. The summed E-state index contributed by atoms with van der Waals surface area (Å²) in [6.07, 6.45) is 3.68. The van der Waals surface area contributed by atoms with E-state index in [-0.39, 0.29) is 0 Å². The Morgan fingerprint density at radius 1 is 1.62 bits per heavy atom. The summed E-state index contributed by atoms with van der Waals surface area (Å²) in [5.74, 6) is 0.722. The lowest BCUT2D eigenvalue weighted by molar-refractivity contribution is 0.184. The van der Waals surface area contributed by atoms with Crippen molar-refractivity contribution >= 4 is 11.3 Å². The number of hydrogen-bond acceptors (Lipinski definition) is 3. The molecule has 0 radical (unpaired) electrons. The van der Waals surface area contributed by atoms with Crippen LogP contribution in [0.1, 0.15) is 37.1 Å². The predicted molar refractivity (Wildman–Crippen MR) is 68.9 cm³/mol. The first kappa shape index (κ1) is 12.1. The molecule has 90 valence electrons. The van der Waals surface area contributed by atoms with Crippen molar-refractivity contribution in [3.05, 3.63) is 22.4 Å². The van der Waals surface area contributed by atoms with Gasteiger partial charge in [-0.15, -0.1) is 11.3 Å². The van der Waals surface area contributed by atoms with Gasteiger partial charge in [0, 0.05) is 24.1 Å². The fraction of sp³-hybridized carbons (Fsp3) is 0.692. The molecule has 2 unspecified atom stereocenters. The summed E-state index contributed by atoms with van der Waals surface area (Å²) < 4.78 is 5.40. The fourth-order valence-corrected chi connectivity index (χ4v) is 3.01. The van der Waals surface area contributed by atoms with Crippen LogP contribution in [0.2, 0.25) is 0 Å². The molecule has 1 N–H and O–H groups in total. The Kier molecular flexibility index (Phi) is 4.82. The van der Waals surface area contributed by atoms with Crippen molar-refractivity contribution in [2.75, 3.05) is 19.8 Å². The van der Waals surface area contributed by atoms with Crippen LogP contribution in [0.4, 0.5) is 0 Å². The van der Waals surface area contributed by atoms with Crippen LogP contribution in [-0.4, -0.2) is 19.8 Å². The molecule has 1 aromatic rings. The van der Waals surface area contributed by atoms with E-state index in [1.54, 1.807) is 0 Å². The lowest BCUT2D eigenvalue weighted by Crippen LogP contribution is -2.27. The number of thiophene rings is 1. The molecule has 1 saturated heterocycles. The molecule has 0 aromatic carbocycles. The quantitative estimate of drug-likeness (QED) is 0.823. The van der Waals surface area contributed by atoms with Crippen molar-refractivity contribution in [3.63, 3.8) is 0 Å². The average molecular weight is 239 g/mol. The second kappa shape index (κ2) is 6.38. The van der Waals surface area contributed by atoms with Crippen molar-refractivity contribution in [1.82, 2.24) is 5.32 Å². The Morgan fingerprint density at radius 3 is 3.19 bits per heavy atom. The van der Waals surface area contributed by atoms with E-state index in [1.807, 2.05) is 11.3 Å². The highest BCUT2D eigenvalue weighted by Gasteiger charge is 2.18. The summed E-state index contributed by atoms with van der Waals surface area (Å²) >= 11 is 1.86. The maximum absolute atomic E-state index is 5.40. The van der Waals surface area contributed by atoms with Gasteiger partial charge in [0.15, 0.2) is 0 Å². The second-order valence-corrected chi connectivity index (χ2v) is 5.47. The first-order valence-electron chi connectivity index (χ1n) is 6.24. The van der Waals surface area contributed by atoms with Crippen molar-refractivity contribution in [1.29, 1.82) is 0 Å². The van der Waals surface area contributed by atoms with E-state index in [0.717, 1.165) is 25.7 Å². The van der Waals surface area contributed by atoms with Gasteiger partial charge in [-0.25, -0.2) is 0 Å². The molecule has 2 nitrogen and oxygen atoms in total. The van der Waals surface area contributed by atoms with Crippen LogP contribution in [0, 0.1) is 5.92 Å². The molecule has 1 aliphatic heterocycles. The van der Waals surface area contributed by atoms with Crippen LogP contribution in [0.3, 0.4) is 0 Å². The Hall–Kier alpha value is -0.380. The molecule has 2 rings (SSSR count). The molecule has 0 saturated carbocycles. The van der Waals surface area contributed by atoms with Gasteiger partial charge in [-0.1, -0.05) is 19.4 Å². The van der Waals surface area contributed by atoms with Gasteiger partial charge in [0.1, 0.15) is 0 Å². The fourth-order valence-electron chi connectivity index (χ4n) is 2.18. The van der Waals surface area contributed by atoms with E-state index in [0.29, 0.717) is 6.04 Å². The maximum atomic E-state index is 5.40. The molecule has 3 heteroatoms. The smallest absolute Gasteiger partial charge is 0.0507 e. The molecule has 2 atom stereocenters. The first-order valence-corrected chi connectivity index (χ1v) is 7.12. The van der Waals surface area contributed by atoms with Gasteiger partial charge >= 0.3 is 0 Å². The van der Waals surface area contributed by atoms with Crippen molar-refractivity contribution in [2.45, 2.75) is 32.2 Å². The molecule has 2 heterocycles. The molecular formula is C13H21NOS. The number of hydrogen-bond donors (Lipinski definition) is 1. The SMILES string of the molecule is CCCC(NCC1CCOC1)c1cccs1. The second-order valence-electron chi connectivity index (χ2n) is 4.49. The van der Waals surface area contributed by atoms with E-state index in [9.17, 15) is 0 Å². The normalized spacial score (nSPS) is 22.4. The Labute approximate surface area is 102 Å². The summed E-state index contributed by atoms with van der Waals surface area (Å²) in [7, 11) is 0. The van der Waals surface area contributed by atoms with E-state index in [2.05, 4.69) is 29.8 Å². The van der Waals surface area contributed by atoms with Gasteiger partial charge in [0.25, 0.3) is 0 Å². The molecule has 1 fully saturated rings. The molecule has 1 aliphatic rings. The molecule has 16 heavy (non-hydrogen) atoms. The van der Waals surface area contributed by atoms with Crippen LogP contribution < -0.4 is 5.32 Å². The minimum atomic E-state index is 0.547. The molecule has 0 aliphatic carbocycles. The topological polar surface area (TPSA) is 21.3 Å². The molecule has 0 bridgehead atoms. The lowest BCUT2D eigenvalue weighted by atomic mass is 10.1. The highest BCUT2D eigenvalue weighted by Crippen LogP contribution is 2.24. The van der Waals surface area contributed by atoms with E-state index < -0.39 is 0 Å². The van der Waals surface area contributed by atoms with Gasteiger partial charge in [0.2, 0.25) is 0 Å². The number of rotatable bonds is 6. The van der Waals surface area contributed by atoms with Crippen molar-refractivity contribution in [2.24, 2.45) is 5.92 Å². The minimum Gasteiger partial charge on any atom is -0.381 e. The maximum Gasteiger partial charge on any atom is 0.0507 e. The summed E-state index contributed by atoms with van der Waals surface area (Å²) in [6.45, 7) is 5.24. The number of ether oxygens (including phenoxy) is 1. The zero-order chi connectivity index (χ0) is 11.2. The minimum absolute atomic E-state index is 0.547. The van der Waals surface area contributed by atoms with Crippen LogP contribution in [0.5, 0.6) is 0 Å². The van der Waals surface area contributed by atoms with Gasteiger partial charge in [-0.3, -0.25) is 0 Å². The zero-order valence-electron chi connectivity index (χ0n) is 9.95. The third-order valence-corrected chi connectivity index (χ3v) is 4.13. The number of nitrogens with one attached hydrogen (secondary N) is 1. The van der Waals surface area contributed by atoms with Gasteiger partial charge < -0.3 is 10.1 Å². The van der Waals surface area contributed by atoms with Crippen molar-refractivity contribution < 1.29 is 4.74 Å². The summed E-state index contributed by atoms with van der Waals surface area (Å²) in [4.78, 5) is 1.47.